The first-order valence-electron chi connectivity index (χ1n) is 11.6. The standard InChI is InChI=1S/C25H33IO2/c1-13(27)4-9-25(26)20-12-17(20)22-21-16-11-15(16)19-10-14(28)5-7-23(19,2)18(21)6-8-24(22,25)3/h10,15-18,20-22H,4-9,11-12H2,1-3H3/t15-,16+,17-,18?,20+,21?,22?,23-,24+,25+/m1/s1. The summed E-state index contributed by atoms with van der Waals surface area (Å²) in [5, 5.41) is 0. The predicted octanol–water partition coefficient (Wildman–Crippen LogP) is 5.77. The van der Waals surface area contributed by atoms with Crippen molar-refractivity contribution in [3.8, 4) is 0 Å². The van der Waals surface area contributed by atoms with Crippen molar-refractivity contribution in [3.05, 3.63) is 11.6 Å². The number of allylic oxidation sites excluding steroid dienone is 1. The topological polar surface area (TPSA) is 34.1 Å². The maximum absolute atomic E-state index is 12.2. The molecule has 28 heavy (non-hydrogen) atoms. The number of carbonyl (C=O) groups is 2. The fourth-order valence-corrected chi connectivity index (χ4v) is 10.9. The number of fused-ring (bicyclic) bond motifs is 10. The van der Waals surface area contributed by atoms with Gasteiger partial charge in [0.2, 0.25) is 0 Å². The van der Waals surface area contributed by atoms with Crippen LogP contribution in [0.4, 0.5) is 0 Å². The molecule has 0 saturated heterocycles. The number of halogens is 1. The van der Waals surface area contributed by atoms with E-state index in [2.05, 4.69) is 42.5 Å². The van der Waals surface area contributed by atoms with E-state index < -0.39 is 0 Å². The Morgan fingerprint density at radius 3 is 2.71 bits per heavy atom. The lowest BCUT2D eigenvalue weighted by Crippen LogP contribution is -2.55. The van der Waals surface area contributed by atoms with Gasteiger partial charge < -0.3 is 4.79 Å². The van der Waals surface area contributed by atoms with Crippen molar-refractivity contribution in [2.45, 2.75) is 75.6 Å². The van der Waals surface area contributed by atoms with Crippen LogP contribution in [0.25, 0.3) is 0 Å². The van der Waals surface area contributed by atoms with Gasteiger partial charge in [0.15, 0.2) is 5.78 Å². The van der Waals surface area contributed by atoms with E-state index in [4.69, 9.17) is 0 Å². The van der Waals surface area contributed by atoms with E-state index in [1.54, 1.807) is 12.5 Å². The fraction of sp³-hybridized carbons (Fsp3) is 0.840. The van der Waals surface area contributed by atoms with Gasteiger partial charge in [-0.1, -0.05) is 42.0 Å². The molecule has 0 radical (unpaired) electrons. The summed E-state index contributed by atoms with van der Waals surface area (Å²) in [6, 6.07) is 0. The summed E-state index contributed by atoms with van der Waals surface area (Å²) >= 11 is 2.84. The van der Waals surface area contributed by atoms with Crippen LogP contribution in [0.15, 0.2) is 11.6 Å². The second-order valence-electron chi connectivity index (χ2n) is 11.7. The molecular weight excluding hydrogens is 459 g/mol. The Kier molecular flexibility index (Phi) is 3.67. The number of carbonyl (C=O) groups excluding carboxylic acids is 2. The van der Waals surface area contributed by atoms with Crippen LogP contribution in [0.3, 0.4) is 0 Å². The molecule has 0 aromatic rings. The highest BCUT2D eigenvalue weighted by atomic mass is 127. The van der Waals surface area contributed by atoms with Gasteiger partial charge in [0.05, 0.1) is 0 Å². The van der Waals surface area contributed by atoms with Crippen molar-refractivity contribution in [3.63, 3.8) is 0 Å². The molecule has 0 amide bonds. The fourth-order valence-electron chi connectivity index (χ4n) is 9.30. The average molecular weight is 492 g/mol. The van der Waals surface area contributed by atoms with Gasteiger partial charge in [-0.25, -0.2) is 0 Å². The second kappa shape index (κ2) is 5.53. The zero-order valence-corrected chi connectivity index (χ0v) is 19.6. The molecule has 6 aliphatic rings. The van der Waals surface area contributed by atoms with Crippen molar-refractivity contribution in [1.82, 2.24) is 0 Å². The average Bonchev–Trinajstić information content (AvgIpc) is 3.53. The van der Waals surface area contributed by atoms with Crippen LogP contribution in [0.2, 0.25) is 0 Å². The van der Waals surface area contributed by atoms with Crippen molar-refractivity contribution in [2.24, 2.45) is 52.3 Å². The minimum Gasteiger partial charge on any atom is -0.300 e. The number of hydrogen-bond donors (Lipinski definition) is 0. The number of Topliss-reactive ketones (excluding diaryl/α,β-unsaturated/α-hetero) is 1. The third-order valence-corrected chi connectivity index (χ3v) is 13.3. The molecule has 6 rings (SSSR count). The Morgan fingerprint density at radius 2 is 1.96 bits per heavy atom. The normalized spacial score (nSPS) is 57.9. The zero-order valence-electron chi connectivity index (χ0n) is 17.5. The molecule has 2 nitrogen and oxygen atoms in total. The van der Waals surface area contributed by atoms with E-state index >= 15 is 0 Å². The molecule has 0 spiro atoms. The summed E-state index contributed by atoms with van der Waals surface area (Å²) in [4.78, 5) is 24.0. The summed E-state index contributed by atoms with van der Waals surface area (Å²) in [5.74, 6) is 6.64. The van der Waals surface area contributed by atoms with Gasteiger partial charge in [-0.15, -0.1) is 0 Å². The third-order valence-electron chi connectivity index (χ3n) is 10.7. The number of hydrogen-bond acceptors (Lipinski definition) is 2. The Labute approximate surface area is 182 Å². The monoisotopic (exact) mass is 492 g/mol. The molecule has 10 atom stereocenters. The van der Waals surface area contributed by atoms with Crippen LogP contribution in [0.5, 0.6) is 0 Å². The van der Waals surface area contributed by atoms with Crippen molar-refractivity contribution in [2.75, 3.05) is 0 Å². The van der Waals surface area contributed by atoms with E-state index in [1.165, 1.54) is 25.7 Å². The Morgan fingerprint density at radius 1 is 1.18 bits per heavy atom. The third kappa shape index (κ3) is 2.11. The highest BCUT2D eigenvalue weighted by molar-refractivity contribution is 14.1. The maximum Gasteiger partial charge on any atom is 0.155 e. The smallest absolute Gasteiger partial charge is 0.155 e. The van der Waals surface area contributed by atoms with Crippen molar-refractivity contribution in [1.29, 1.82) is 0 Å². The van der Waals surface area contributed by atoms with Crippen LogP contribution in [0.1, 0.15) is 72.1 Å². The Hall–Kier alpha value is -0.190. The number of rotatable bonds is 3. The molecule has 3 heteroatoms. The first-order valence-corrected chi connectivity index (χ1v) is 12.7. The summed E-state index contributed by atoms with van der Waals surface area (Å²) in [7, 11) is 0. The van der Waals surface area contributed by atoms with E-state index in [1.807, 2.05) is 0 Å². The lowest BCUT2D eigenvalue weighted by atomic mass is 9.45. The van der Waals surface area contributed by atoms with Crippen molar-refractivity contribution < 1.29 is 9.59 Å². The molecule has 0 aromatic carbocycles. The van der Waals surface area contributed by atoms with Crippen LogP contribution in [-0.4, -0.2) is 15.0 Å². The molecule has 5 saturated carbocycles. The summed E-state index contributed by atoms with van der Waals surface area (Å²) < 4.78 is 0.334. The first kappa shape index (κ1) is 18.6. The molecule has 3 unspecified atom stereocenters. The number of ketones is 2. The van der Waals surface area contributed by atoms with E-state index in [0.717, 1.165) is 67.1 Å². The minimum atomic E-state index is 0.290. The SMILES string of the molecule is CC(=O)CC[C@]1(I)[C@H]2C[C@H]2C2C3C(CC[C@@]21C)[C@@]1(C)CCC(=O)C=C1[C@@H]1C[C@H]31. The van der Waals surface area contributed by atoms with Gasteiger partial charge in [0.25, 0.3) is 0 Å². The number of alkyl halides is 1. The molecule has 152 valence electrons. The molecule has 0 bridgehead atoms. The first-order chi connectivity index (χ1) is 13.2. The molecule has 0 heterocycles. The van der Waals surface area contributed by atoms with Gasteiger partial charge in [0, 0.05) is 16.3 Å². The van der Waals surface area contributed by atoms with Crippen LogP contribution in [-0.2, 0) is 9.59 Å². The van der Waals surface area contributed by atoms with Gasteiger partial charge in [-0.2, -0.15) is 0 Å². The van der Waals surface area contributed by atoms with Gasteiger partial charge in [0.1, 0.15) is 5.78 Å². The van der Waals surface area contributed by atoms with Gasteiger partial charge in [-0.3, -0.25) is 4.79 Å². The van der Waals surface area contributed by atoms with Crippen LogP contribution in [0, 0.1) is 52.3 Å². The lowest BCUT2D eigenvalue weighted by molar-refractivity contribution is -0.119. The molecule has 0 aliphatic heterocycles. The zero-order chi connectivity index (χ0) is 19.6. The van der Waals surface area contributed by atoms with Gasteiger partial charge in [-0.05, 0) is 104 Å². The predicted molar refractivity (Wildman–Crippen MR) is 118 cm³/mol. The second-order valence-corrected chi connectivity index (χ2v) is 13.7. The molecule has 0 N–H and O–H groups in total. The molecule has 6 aliphatic carbocycles. The van der Waals surface area contributed by atoms with E-state index in [9.17, 15) is 9.59 Å². The van der Waals surface area contributed by atoms with E-state index in [0.29, 0.717) is 20.4 Å². The van der Waals surface area contributed by atoms with Crippen LogP contribution < -0.4 is 0 Å². The quantitative estimate of drug-likeness (QED) is 0.370. The molecular formula is C25H33IO2. The largest absolute Gasteiger partial charge is 0.300 e. The Bertz CT molecular complexity index is 815. The summed E-state index contributed by atoms with van der Waals surface area (Å²) in [6.07, 6.45) is 11.3. The lowest BCUT2D eigenvalue weighted by Gasteiger charge is -2.60. The minimum absolute atomic E-state index is 0.290. The maximum atomic E-state index is 12.2. The highest BCUT2D eigenvalue weighted by Gasteiger charge is 2.77. The summed E-state index contributed by atoms with van der Waals surface area (Å²) in [6.45, 7) is 6.90. The van der Waals surface area contributed by atoms with Gasteiger partial charge >= 0.3 is 0 Å². The van der Waals surface area contributed by atoms with Crippen LogP contribution >= 0.6 is 22.6 Å². The van der Waals surface area contributed by atoms with E-state index in [-0.39, 0.29) is 5.41 Å². The molecule has 0 aromatic heterocycles. The molecule has 5 fully saturated rings. The Balaban J connectivity index is 1.38. The summed E-state index contributed by atoms with van der Waals surface area (Å²) in [5.41, 5.74) is 2.26. The van der Waals surface area contributed by atoms with Crippen molar-refractivity contribution >= 4 is 34.2 Å². The highest BCUT2D eigenvalue weighted by Crippen LogP contribution is 2.82.